The van der Waals surface area contributed by atoms with Crippen LogP contribution in [-0.2, 0) is 4.74 Å². The summed E-state index contributed by atoms with van der Waals surface area (Å²) < 4.78 is 5.20. The highest BCUT2D eigenvalue weighted by Crippen LogP contribution is 2.30. The van der Waals surface area contributed by atoms with Crippen LogP contribution >= 0.6 is 0 Å². The van der Waals surface area contributed by atoms with Gasteiger partial charge in [0.25, 0.3) is 0 Å². The Morgan fingerprint density at radius 1 is 1.50 bits per heavy atom. The van der Waals surface area contributed by atoms with Crippen LogP contribution in [0.25, 0.3) is 0 Å². The van der Waals surface area contributed by atoms with Crippen LogP contribution in [0.5, 0.6) is 0 Å². The molecule has 1 aliphatic rings. The van der Waals surface area contributed by atoms with E-state index in [1.165, 1.54) is 12.8 Å². The van der Waals surface area contributed by atoms with E-state index in [1.807, 2.05) is 0 Å². The third kappa shape index (κ3) is 1.84. The molecule has 1 heteroatoms. The Balaban J connectivity index is 2.52. The summed E-state index contributed by atoms with van der Waals surface area (Å²) in [4.78, 5) is 0. The number of hydrogen-bond donors (Lipinski definition) is 0. The molecule has 0 heterocycles. The first kappa shape index (κ1) is 7.80. The molecule has 0 aromatic heterocycles. The third-order valence-corrected chi connectivity index (χ3v) is 2.14. The predicted octanol–water partition coefficient (Wildman–Crippen LogP) is 2.38. The van der Waals surface area contributed by atoms with Crippen molar-refractivity contribution in [3.63, 3.8) is 0 Å². The fourth-order valence-corrected chi connectivity index (χ4v) is 1.26. The molecule has 0 saturated carbocycles. The van der Waals surface area contributed by atoms with E-state index in [2.05, 4.69) is 26.0 Å². The summed E-state index contributed by atoms with van der Waals surface area (Å²) >= 11 is 0. The van der Waals surface area contributed by atoms with Crippen LogP contribution in [0.3, 0.4) is 0 Å². The molecule has 10 heavy (non-hydrogen) atoms. The molecule has 0 radical (unpaired) electrons. The van der Waals surface area contributed by atoms with E-state index in [4.69, 9.17) is 4.74 Å². The molecule has 0 N–H and O–H groups in total. The lowest BCUT2D eigenvalue weighted by Gasteiger charge is -2.27. The van der Waals surface area contributed by atoms with E-state index >= 15 is 0 Å². The van der Waals surface area contributed by atoms with Gasteiger partial charge in [0, 0.05) is 7.11 Å². The van der Waals surface area contributed by atoms with Crippen LogP contribution in [0.4, 0.5) is 0 Å². The predicted molar refractivity (Wildman–Crippen MR) is 43.0 cm³/mol. The Bertz CT molecular complexity index is 136. The highest BCUT2D eigenvalue weighted by Gasteiger charge is 2.20. The molecule has 0 fully saturated rings. The summed E-state index contributed by atoms with van der Waals surface area (Å²) in [5.74, 6) is 0. The lowest BCUT2D eigenvalue weighted by molar-refractivity contribution is 0.114. The number of allylic oxidation sites excluding steroid dienone is 1. The first-order valence-corrected chi connectivity index (χ1v) is 3.86. The van der Waals surface area contributed by atoms with Gasteiger partial charge in [-0.15, -0.1) is 0 Å². The van der Waals surface area contributed by atoms with Gasteiger partial charge in [-0.25, -0.2) is 0 Å². The maximum absolute atomic E-state index is 5.20. The summed E-state index contributed by atoms with van der Waals surface area (Å²) in [6, 6.07) is 0. The number of methoxy groups -OCH3 is 1. The summed E-state index contributed by atoms with van der Waals surface area (Å²) in [5, 5.41) is 0. The van der Waals surface area contributed by atoms with Crippen molar-refractivity contribution in [1.29, 1.82) is 0 Å². The Labute approximate surface area is 63.1 Å². The van der Waals surface area contributed by atoms with Crippen LogP contribution in [0, 0.1) is 5.41 Å². The lowest BCUT2D eigenvalue weighted by Crippen LogP contribution is -2.19. The topological polar surface area (TPSA) is 9.23 Å². The molecule has 0 aromatic rings. The van der Waals surface area contributed by atoms with Gasteiger partial charge in [-0.2, -0.15) is 0 Å². The molecule has 0 aliphatic heterocycles. The van der Waals surface area contributed by atoms with Gasteiger partial charge in [0.15, 0.2) is 0 Å². The smallest absolute Gasteiger partial charge is 0.0752 e. The second kappa shape index (κ2) is 2.75. The average Bonchev–Trinajstić information content (AvgIpc) is 1.88. The van der Waals surface area contributed by atoms with Gasteiger partial charge >= 0.3 is 0 Å². The van der Waals surface area contributed by atoms with Crippen molar-refractivity contribution >= 4 is 0 Å². The fourth-order valence-electron chi connectivity index (χ4n) is 1.26. The molecule has 0 saturated heterocycles. The molecular weight excluding hydrogens is 124 g/mol. The molecule has 0 aromatic carbocycles. The summed E-state index contributed by atoms with van der Waals surface area (Å²) in [7, 11) is 1.77. The van der Waals surface area contributed by atoms with E-state index in [9.17, 15) is 0 Å². The van der Waals surface area contributed by atoms with Gasteiger partial charge in [-0.1, -0.05) is 26.0 Å². The van der Waals surface area contributed by atoms with Crippen molar-refractivity contribution in [1.82, 2.24) is 0 Å². The number of rotatable bonds is 1. The summed E-state index contributed by atoms with van der Waals surface area (Å²) in [6.45, 7) is 4.52. The zero-order valence-electron chi connectivity index (χ0n) is 7.05. The molecule has 1 nitrogen and oxygen atoms in total. The zero-order valence-corrected chi connectivity index (χ0v) is 7.05. The molecule has 58 valence electrons. The second-order valence-corrected chi connectivity index (χ2v) is 3.66. The van der Waals surface area contributed by atoms with Crippen LogP contribution in [0.1, 0.15) is 26.7 Å². The number of hydrogen-bond acceptors (Lipinski definition) is 1. The van der Waals surface area contributed by atoms with E-state index in [-0.39, 0.29) is 0 Å². The minimum Gasteiger partial charge on any atom is -0.377 e. The van der Waals surface area contributed by atoms with Crippen molar-refractivity contribution in [3.05, 3.63) is 12.2 Å². The Morgan fingerprint density at radius 2 is 2.20 bits per heavy atom. The van der Waals surface area contributed by atoms with E-state index < -0.39 is 0 Å². The highest BCUT2D eigenvalue weighted by atomic mass is 16.5. The Kier molecular flexibility index (Phi) is 2.14. The molecule has 1 unspecified atom stereocenters. The van der Waals surface area contributed by atoms with Crippen LogP contribution in [0.2, 0.25) is 0 Å². The van der Waals surface area contributed by atoms with E-state index in [1.54, 1.807) is 7.11 Å². The van der Waals surface area contributed by atoms with Crippen molar-refractivity contribution in [2.24, 2.45) is 5.41 Å². The normalized spacial score (nSPS) is 30.5. The molecular formula is C9H16O. The molecule has 1 rings (SSSR count). The van der Waals surface area contributed by atoms with Crippen molar-refractivity contribution < 1.29 is 4.74 Å². The van der Waals surface area contributed by atoms with Crippen molar-refractivity contribution in [2.75, 3.05) is 7.11 Å². The van der Waals surface area contributed by atoms with Crippen molar-refractivity contribution in [2.45, 2.75) is 32.8 Å². The quantitative estimate of drug-likeness (QED) is 0.508. The van der Waals surface area contributed by atoms with Crippen molar-refractivity contribution in [3.8, 4) is 0 Å². The molecule has 0 bridgehead atoms. The molecule has 1 atom stereocenters. The summed E-state index contributed by atoms with van der Waals surface area (Å²) in [5.41, 5.74) is 0.398. The third-order valence-electron chi connectivity index (χ3n) is 2.14. The molecule has 0 amide bonds. The summed E-state index contributed by atoms with van der Waals surface area (Å²) in [6.07, 6.45) is 7.20. The fraction of sp³-hybridized carbons (Fsp3) is 0.778. The van der Waals surface area contributed by atoms with E-state index in [0.717, 1.165) is 0 Å². The standard InChI is InChI=1S/C9H16O/c1-9(2)6-4-8(10-3)5-7-9/h4,6,8H,5,7H2,1-3H3. The maximum Gasteiger partial charge on any atom is 0.0752 e. The van der Waals surface area contributed by atoms with Gasteiger partial charge in [-0.3, -0.25) is 0 Å². The minimum absolute atomic E-state index is 0.369. The molecule has 0 spiro atoms. The average molecular weight is 140 g/mol. The van der Waals surface area contributed by atoms with Gasteiger partial charge in [0.2, 0.25) is 0 Å². The Hall–Kier alpha value is -0.300. The van der Waals surface area contributed by atoms with Gasteiger partial charge in [0.05, 0.1) is 6.10 Å². The Morgan fingerprint density at radius 3 is 2.60 bits per heavy atom. The second-order valence-electron chi connectivity index (χ2n) is 3.66. The zero-order chi connectivity index (χ0) is 7.61. The first-order valence-electron chi connectivity index (χ1n) is 3.86. The largest absolute Gasteiger partial charge is 0.377 e. The van der Waals surface area contributed by atoms with Crippen LogP contribution in [0.15, 0.2) is 12.2 Å². The highest BCUT2D eigenvalue weighted by molar-refractivity contribution is 5.03. The van der Waals surface area contributed by atoms with E-state index in [0.29, 0.717) is 11.5 Å². The van der Waals surface area contributed by atoms with Gasteiger partial charge in [-0.05, 0) is 18.3 Å². The SMILES string of the molecule is COC1C=CC(C)(C)CC1. The van der Waals surface area contributed by atoms with Gasteiger partial charge in [0.1, 0.15) is 0 Å². The molecule has 1 aliphatic carbocycles. The van der Waals surface area contributed by atoms with Gasteiger partial charge < -0.3 is 4.74 Å². The first-order chi connectivity index (χ1) is 4.64. The minimum atomic E-state index is 0.369. The monoisotopic (exact) mass is 140 g/mol. The number of ether oxygens (including phenoxy) is 1. The van der Waals surface area contributed by atoms with Crippen LogP contribution < -0.4 is 0 Å². The maximum atomic E-state index is 5.20. The van der Waals surface area contributed by atoms with Crippen LogP contribution in [-0.4, -0.2) is 13.2 Å². The lowest BCUT2D eigenvalue weighted by atomic mass is 9.82.